The summed E-state index contributed by atoms with van der Waals surface area (Å²) in [5.41, 5.74) is 6.92. The second-order valence-electron chi connectivity index (χ2n) is 4.40. The Morgan fingerprint density at radius 2 is 1.77 bits per heavy atom. The molecule has 0 heteroatoms. The van der Waals surface area contributed by atoms with Crippen LogP contribution in [0.5, 0.6) is 0 Å². The van der Waals surface area contributed by atoms with Crippen LogP contribution in [-0.2, 0) is 0 Å². The van der Waals surface area contributed by atoms with E-state index in [0.29, 0.717) is 0 Å². The van der Waals surface area contributed by atoms with E-state index < -0.39 is 0 Å². The van der Waals surface area contributed by atoms with E-state index in [2.05, 4.69) is 12.2 Å². The summed E-state index contributed by atoms with van der Waals surface area (Å²) in [4.78, 5) is 0. The molecule has 0 aromatic rings. The molecule has 0 nitrogen and oxygen atoms in total. The predicted octanol–water partition coefficient (Wildman–Crippen LogP) is 3.91. The van der Waals surface area contributed by atoms with E-state index >= 15 is 0 Å². The summed E-state index contributed by atoms with van der Waals surface area (Å²) in [6.07, 6.45) is 14.2. The molecule has 0 fully saturated rings. The van der Waals surface area contributed by atoms with Crippen molar-refractivity contribution in [1.29, 1.82) is 0 Å². The third-order valence-corrected chi connectivity index (χ3v) is 3.67. The van der Waals surface area contributed by atoms with Crippen LogP contribution in [0.15, 0.2) is 34.4 Å². The lowest BCUT2D eigenvalue weighted by Gasteiger charge is -2.26. The minimum Gasteiger partial charge on any atom is -0.0798 e. The third-order valence-electron chi connectivity index (χ3n) is 3.67. The largest absolute Gasteiger partial charge is 0.0798 e. The van der Waals surface area contributed by atoms with Gasteiger partial charge < -0.3 is 0 Å². The molecule has 3 aliphatic carbocycles. The van der Waals surface area contributed by atoms with Gasteiger partial charge in [-0.25, -0.2) is 0 Å². The number of fused-ring (bicyclic) bond motifs is 1. The van der Waals surface area contributed by atoms with Crippen molar-refractivity contribution in [3.63, 3.8) is 0 Å². The molecule has 0 aliphatic heterocycles. The smallest absolute Gasteiger partial charge is 0.00888 e. The van der Waals surface area contributed by atoms with Gasteiger partial charge in [0.2, 0.25) is 0 Å². The van der Waals surface area contributed by atoms with Crippen molar-refractivity contribution in [3.8, 4) is 0 Å². The van der Waals surface area contributed by atoms with Gasteiger partial charge in [0.15, 0.2) is 0 Å². The highest BCUT2D eigenvalue weighted by atomic mass is 14.3. The molecule has 0 bridgehead atoms. The highest BCUT2D eigenvalue weighted by molar-refractivity contribution is 5.51. The van der Waals surface area contributed by atoms with E-state index in [1.165, 1.54) is 44.9 Å². The second kappa shape index (κ2) is 2.87. The summed E-state index contributed by atoms with van der Waals surface area (Å²) in [6, 6.07) is 0. The molecule has 0 aromatic carbocycles. The van der Waals surface area contributed by atoms with E-state index in [4.69, 9.17) is 0 Å². The fraction of sp³-hybridized carbons (Fsp3) is 0.538. The first-order valence-corrected chi connectivity index (χ1v) is 5.55. The van der Waals surface area contributed by atoms with Crippen molar-refractivity contribution in [2.45, 2.75) is 44.9 Å². The maximum absolute atomic E-state index is 2.35. The lowest BCUT2D eigenvalue weighted by atomic mass is 9.79. The number of rotatable bonds is 0. The van der Waals surface area contributed by atoms with Crippen molar-refractivity contribution in [2.24, 2.45) is 0 Å². The van der Waals surface area contributed by atoms with Crippen molar-refractivity contribution in [2.75, 3.05) is 0 Å². The summed E-state index contributed by atoms with van der Waals surface area (Å²) in [6.45, 7) is 0. The Morgan fingerprint density at radius 3 is 2.77 bits per heavy atom. The summed E-state index contributed by atoms with van der Waals surface area (Å²) in [5.74, 6) is 0. The number of hydrogen-bond donors (Lipinski definition) is 0. The first-order chi connectivity index (χ1) is 6.45. The normalized spacial score (nSPS) is 26.5. The van der Waals surface area contributed by atoms with Crippen molar-refractivity contribution < 1.29 is 0 Å². The van der Waals surface area contributed by atoms with Crippen LogP contribution in [0.2, 0.25) is 0 Å². The summed E-state index contributed by atoms with van der Waals surface area (Å²) in [5, 5.41) is 0. The van der Waals surface area contributed by atoms with Gasteiger partial charge in [-0.2, -0.15) is 0 Å². The second-order valence-corrected chi connectivity index (χ2v) is 4.40. The van der Waals surface area contributed by atoms with Crippen LogP contribution in [0.25, 0.3) is 0 Å². The van der Waals surface area contributed by atoms with E-state index in [1.807, 2.05) is 0 Å². The van der Waals surface area contributed by atoms with Gasteiger partial charge in [-0.3, -0.25) is 0 Å². The lowest BCUT2D eigenvalue weighted by molar-refractivity contribution is 0.637. The summed E-state index contributed by atoms with van der Waals surface area (Å²) in [7, 11) is 0. The minimum atomic E-state index is 1.23. The van der Waals surface area contributed by atoms with E-state index in [-0.39, 0.29) is 0 Å². The van der Waals surface area contributed by atoms with Crippen molar-refractivity contribution in [1.82, 2.24) is 0 Å². The molecule has 0 unspecified atom stereocenters. The van der Waals surface area contributed by atoms with Crippen molar-refractivity contribution >= 4 is 0 Å². The summed E-state index contributed by atoms with van der Waals surface area (Å²) < 4.78 is 0. The maximum Gasteiger partial charge on any atom is -0.00888 e. The number of allylic oxidation sites excluding steroid dienone is 6. The quantitative estimate of drug-likeness (QED) is 0.519. The molecule has 0 aromatic heterocycles. The fourth-order valence-corrected chi connectivity index (χ4v) is 3.00. The van der Waals surface area contributed by atoms with Gasteiger partial charge in [-0.15, -0.1) is 0 Å². The van der Waals surface area contributed by atoms with Gasteiger partial charge in [0, 0.05) is 0 Å². The first-order valence-electron chi connectivity index (χ1n) is 5.55. The molecule has 0 saturated carbocycles. The summed E-state index contributed by atoms with van der Waals surface area (Å²) >= 11 is 0. The average molecular weight is 172 g/mol. The van der Waals surface area contributed by atoms with Crippen LogP contribution >= 0.6 is 0 Å². The molecule has 68 valence electrons. The standard InChI is InChI=1S/C13H16/c1-2-6-12-10(4-1)8-9-11-5-3-7-13(11)12/h3,5H,1-2,4,6-9H2. The molecule has 0 atom stereocenters. The molecule has 0 spiro atoms. The molecule has 0 radical (unpaired) electrons. The number of hydrogen-bond acceptors (Lipinski definition) is 0. The van der Waals surface area contributed by atoms with Crippen LogP contribution in [0, 0.1) is 0 Å². The molecule has 0 heterocycles. The Kier molecular flexibility index (Phi) is 1.68. The Hall–Kier alpha value is -0.780. The fourth-order valence-electron chi connectivity index (χ4n) is 3.00. The van der Waals surface area contributed by atoms with Crippen LogP contribution in [0.1, 0.15) is 44.9 Å². The Labute approximate surface area is 80.0 Å². The zero-order chi connectivity index (χ0) is 8.67. The zero-order valence-electron chi connectivity index (χ0n) is 8.10. The molecule has 0 amide bonds. The molecular formula is C13H16. The molecule has 3 aliphatic rings. The Bertz CT molecular complexity index is 326. The van der Waals surface area contributed by atoms with Crippen LogP contribution in [0.4, 0.5) is 0 Å². The molecule has 13 heavy (non-hydrogen) atoms. The molecule has 0 saturated heterocycles. The van der Waals surface area contributed by atoms with Gasteiger partial charge in [-0.05, 0) is 61.7 Å². The van der Waals surface area contributed by atoms with E-state index in [0.717, 1.165) is 0 Å². The predicted molar refractivity (Wildman–Crippen MR) is 55.5 cm³/mol. The SMILES string of the molecule is C1=CC2=C(C1)C1=C(CCCC1)CC2. The highest BCUT2D eigenvalue weighted by Crippen LogP contribution is 2.42. The molecular weight excluding hydrogens is 156 g/mol. The molecule has 3 rings (SSSR count). The van der Waals surface area contributed by atoms with Gasteiger partial charge in [0.25, 0.3) is 0 Å². The average Bonchev–Trinajstić information content (AvgIpc) is 2.65. The Morgan fingerprint density at radius 1 is 0.846 bits per heavy atom. The van der Waals surface area contributed by atoms with E-state index in [9.17, 15) is 0 Å². The zero-order valence-corrected chi connectivity index (χ0v) is 8.10. The van der Waals surface area contributed by atoms with Crippen LogP contribution in [0.3, 0.4) is 0 Å². The minimum absolute atomic E-state index is 1.23. The maximum atomic E-state index is 2.35. The highest BCUT2D eigenvalue weighted by Gasteiger charge is 2.23. The monoisotopic (exact) mass is 172 g/mol. The third kappa shape index (κ3) is 1.12. The Balaban J connectivity index is 2.03. The van der Waals surface area contributed by atoms with Gasteiger partial charge in [0.1, 0.15) is 0 Å². The first kappa shape index (κ1) is 7.61. The lowest BCUT2D eigenvalue weighted by Crippen LogP contribution is -2.07. The van der Waals surface area contributed by atoms with Gasteiger partial charge in [-0.1, -0.05) is 17.7 Å². The van der Waals surface area contributed by atoms with Crippen LogP contribution in [-0.4, -0.2) is 0 Å². The van der Waals surface area contributed by atoms with E-state index in [1.54, 1.807) is 22.3 Å². The topological polar surface area (TPSA) is 0 Å². The van der Waals surface area contributed by atoms with Gasteiger partial charge in [0.05, 0.1) is 0 Å². The van der Waals surface area contributed by atoms with Crippen molar-refractivity contribution in [3.05, 3.63) is 34.4 Å². The van der Waals surface area contributed by atoms with Gasteiger partial charge >= 0.3 is 0 Å². The molecule has 0 N–H and O–H groups in total. The van der Waals surface area contributed by atoms with Crippen LogP contribution < -0.4 is 0 Å².